The summed E-state index contributed by atoms with van der Waals surface area (Å²) < 4.78 is 0. The average molecular weight is 153 g/mol. The highest BCUT2D eigenvalue weighted by atomic mass is 14.9. The Balaban J connectivity index is 2.46. The van der Waals surface area contributed by atoms with Gasteiger partial charge in [-0.15, -0.1) is 0 Å². The minimum Gasteiger partial charge on any atom is -0.313 e. The molecular formula is C10H19N. The first-order valence-corrected chi connectivity index (χ1v) is 4.72. The Labute approximate surface area is 69.9 Å². The van der Waals surface area contributed by atoms with Crippen molar-refractivity contribution in [2.45, 2.75) is 39.5 Å². The van der Waals surface area contributed by atoms with E-state index in [0.717, 1.165) is 6.54 Å². The summed E-state index contributed by atoms with van der Waals surface area (Å²) in [6, 6.07) is 0. The van der Waals surface area contributed by atoms with Crippen LogP contribution in [-0.4, -0.2) is 13.1 Å². The van der Waals surface area contributed by atoms with Gasteiger partial charge in [0.05, 0.1) is 0 Å². The second-order valence-electron chi connectivity index (χ2n) is 3.41. The van der Waals surface area contributed by atoms with Crippen LogP contribution in [-0.2, 0) is 0 Å². The summed E-state index contributed by atoms with van der Waals surface area (Å²) in [5.41, 5.74) is 3.29. The zero-order chi connectivity index (χ0) is 8.10. The van der Waals surface area contributed by atoms with Crippen molar-refractivity contribution in [2.24, 2.45) is 0 Å². The molecule has 1 fully saturated rings. The van der Waals surface area contributed by atoms with Gasteiger partial charge in [-0.05, 0) is 32.7 Å². The zero-order valence-corrected chi connectivity index (χ0v) is 7.74. The summed E-state index contributed by atoms with van der Waals surface area (Å²) in [5, 5.41) is 3.42. The first kappa shape index (κ1) is 8.79. The molecule has 0 aliphatic carbocycles. The fraction of sp³-hybridized carbons (Fsp3) is 0.800. The van der Waals surface area contributed by atoms with Gasteiger partial charge in [0.15, 0.2) is 0 Å². The molecule has 0 spiro atoms. The molecule has 1 N–H and O–H groups in total. The van der Waals surface area contributed by atoms with Gasteiger partial charge in [-0.3, -0.25) is 0 Å². The molecule has 1 aliphatic heterocycles. The number of piperidine rings is 1. The second-order valence-corrected chi connectivity index (χ2v) is 3.41. The lowest BCUT2D eigenvalue weighted by Crippen LogP contribution is -2.24. The molecule has 1 heteroatoms. The zero-order valence-electron chi connectivity index (χ0n) is 7.74. The molecule has 0 amide bonds. The van der Waals surface area contributed by atoms with E-state index < -0.39 is 0 Å². The SMILES string of the molecule is CCC/C(C)=C1/CCCNC1. The third-order valence-corrected chi connectivity index (χ3v) is 2.40. The van der Waals surface area contributed by atoms with Crippen LogP contribution in [0.15, 0.2) is 11.1 Å². The molecule has 0 aromatic heterocycles. The number of allylic oxidation sites excluding steroid dienone is 1. The van der Waals surface area contributed by atoms with Gasteiger partial charge in [0.2, 0.25) is 0 Å². The monoisotopic (exact) mass is 153 g/mol. The van der Waals surface area contributed by atoms with E-state index in [4.69, 9.17) is 0 Å². The first-order valence-electron chi connectivity index (χ1n) is 4.72. The molecule has 1 rings (SSSR count). The van der Waals surface area contributed by atoms with Crippen LogP contribution in [0.3, 0.4) is 0 Å². The van der Waals surface area contributed by atoms with Crippen molar-refractivity contribution in [3.8, 4) is 0 Å². The molecule has 0 radical (unpaired) electrons. The van der Waals surface area contributed by atoms with Crippen LogP contribution in [0.25, 0.3) is 0 Å². The highest BCUT2D eigenvalue weighted by molar-refractivity contribution is 5.15. The molecule has 0 bridgehead atoms. The molecule has 1 nitrogen and oxygen atoms in total. The Kier molecular flexibility index (Phi) is 3.64. The lowest BCUT2D eigenvalue weighted by Gasteiger charge is -2.18. The molecule has 1 saturated heterocycles. The summed E-state index contributed by atoms with van der Waals surface area (Å²) >= 11 is 0. The maximum absolute atomic E-state index is 3.42. The molecule has 0 atom stereocenters. The van der Waals surface area contributed by atoms with Crippen molar-refractivity contribution < 1.29 is 0 Å². The fourth-order valence-electron chi connectivity index (χ4n) is 1.67. The average Bonchev–Trinajstić information content (AvgIpc) is 2.07. The van der Waals surface area contributed by atoms with E-state index in [1.165, 1.54) is 32.2 Å². The van der Waals surface area contributed by atoms with Crippen molar-refractivity contribution in [3.05, 3.63) is 11.1 Å². The predicted molar refractivity (Wildman–Crippen MR) is 49.7 cm³/mol. The van der Waals surface area contributed by atoms with Crippen molar-refractivity contribution in [2.75, 3.05) is 13.1 Å². The Bertz CT molecular complexity index is 139. The molecule has 0 saturated carbocycles. The van der Waals surface area contributed by atoms with Gasteiger partial charge in [-0.1, -0.05) is 24.5 Å². The molecule has 1 aliphatic rings. The number of rotatable bonds is 2. The van der Waals surface area contributed by atoms with Gasteiger partial charge in [-0.25, -0.2) is 0 Å². The van der Waals surface area contributed by atoms with E-state index in [9.17, 15) is 0 Å². The molecular weight excluding hydrogens is 134 g/mol. The largest absolute Gasteiger partial charge is 0.313 e. The Hall–Kier alpha value is -0.300. The lowest BCUT2D eigenvalue weighted by molar-refractivity contribution is 0.600. The Morgan fingerprint density at radius 2 is 2.36 bits per heavy atom. The van der Waals surface area contributed by atoms with Crippen LogP contribution in [0, 0.1) is 0 Å². The quantitative estimate of drug-likeness (QED) is 0.601. The van der Waals surface area contributed by atoms with Crippen molar-refractivity contribution in [1.29, 1.82) is 0 Å². The minimum absolute atomic E-state index is 1.14. The Morgan fingerprint density at radius 1 is 1.55 bits per heavy atom. The second kappa shape index (κ2) is 4.55. The van der Waals surface area contributed by atoms with Crippen LogP contribution in [0.2, 0.25) is 0 Å². The van der Waals surface area contributed by atoms with Gasteiger partial charge in [0.25, 0.3) is 0 Å². The van der Waals surface area contributed by atoms with E-state index in [1.54, 1.807) is 11.1 Å². The van der Waals surface area contributed by atoms with Gasteiger partial charge in [0, 0.05) is 6.54 Å². The highest BCUT2D eigenvalue weighted by Crippen LogP contribution is 2.16. The van der Waals surface area contributed by atoms with Crippen LogP contribution in [0.1, 0.15) is 39.5 Å². The van der Waals surface area contributed by atoms with E-state index in [0.29, 0.717) is 0 Å². The third kappa shape index (κ3) is 2.66. The minimum atomic E-state index is 1.14. The van der Waals surface area contributed by atoms with Crippen LogP contribution >= 0.6 is 0 Å². The van der Waals surface area contributed by atoms with Crippen molar-refractivity contribution in [1.82, 2.24) is 5.32 Å². The standard InChI is InChI=1S/C10H19N/c1-3-5-9(2)10-6-4-7-11-8-10/h11H,3-8H2,1-2H3/b10-9-. The fourth-order valence-corrected chi connectivity index (χ4v) is 1.67. The number of hydrogen-bond donors (Lipinski definition) is 1. The first-order chi connectivity index (χ1) is 5.34. The van der Waals surface area contributed by atoms with Gasteiger partial charge in [-0.2, -0.15) is 0 Å². The maximum Gasteiger partial charge on any atom is 0.0167 e. The summed E-state index contributed by atoms with van der Waals surface area (Å²) in [6.07, 6.45) is 5.24. The van der Waals surface area contributed by atoms with Crippen LogP contribution in [0.4, 0.5) is 0 Å². The molecule has 11 heavy (non-hydrogen) atoms. The third-order valence-electron chi connectivity index (χ3n) is 2.40. The van der Waals surface area contributed by atoms with E-state index in [-0.39, 0.29) is 0 Å². The predicted octanol–water partition coefficient (Wildman–Crippen LogP) is 2.49. The van der Waals surface area contributed by atoms with Crippen molar-refractivity contribution >= 4 is 0 Å². The van der Waals surface area contributed by atoms with E-state index in [2.05, 4.69) is 19.2 Å². The summed E-state index contributed by atoms with van der Waals surface area (Å²) in [4.78, 5) is 0. The van der Waals surface area contributed by atoms with Crippen LogP contribution < -0.4 is 5.32 Å². The van der Waals surface area contributed by atoms with E-state index in [1.807, 2.05) is 0 Å². The topological polar surface area (TPSA) is 12.0 Å². The number of nitrogens with one attached hydrogen (secondary N) is 1. The summed E-state index contributed by atoms with van der Waals surface area (Å²) in [5.74, 6) is 0. The molecule has 64 valence electrons. The number of hydrogen-bond acceptors (Lipinski definition) is 1. The highest BCUT2D eigenvalue weighted by Gasteiger charge is 2.06. The molecule has 1 heterocycles. The van der Waals surface area contributed by atoms with Gasteiger partial charge in [0.1, 0.15) is 0 Å². The smallest absolute Gasteiger partial charge is 0.0167 e. The van der Waals surface area contributed by atoms with Crippen LogP contribution in [0.5, 0.6) is 0 Å². The summed E-state index contributed by atoms with van der Waals surface area (Å²) in [7, 11) is 0. The molecule has 0 unspecified atom stereocenters. The molecule has 0 aromatic carbocycles. The summed E-state index contributed by atoms with van der Waals surface area (Å²) in [6.45, 7) is 6.89. The maximum atomic E-state index is 3.42. The van der Waals surface area contributed by atoms with E-state index >= 15 is 0 Å². The van der Waals surface area contributed by atoms with Gasteiger partial charge >= 0.3 is 0 Å². The lowest BCUT2D eigenvalue weighted by atomic mass is 9.98. The van der Waals surface area contributed by atoms with Crippen molar-refractivity contribution in [3.63, 3.8) is 0 Å². The Morgan fingerprint density at radius 3 is 2.91 bits per heavy atom. The normalized spacial score (nSPS) is 23.5. The molecule has 0 aromatic rings. The van der Waals surface area contributed by atoms with Gasteiger partial charge < -0.3 is 5.32 Å².